The van der Waals surface area contributed by atoms with E-state index in [1.54, 1.807) is 6.26 Å². The van der Waals surface area contributed by atoms with E-state index in [2.05, 4.69) is 21.2 Å². The fourth-order valence-corrected chi connectivity index (χ4v) is 2.28. The molecule has 0 saturated heterocycles. The Labute approximate surface area is 115 Å². The molecule has 2 rings (SSSR count). The molecule has 1 aromatic heterocycles. The van der Waals surface area contributed by atoms with Gasteiger partial charge in [0.25, 0.3) is 0 Å². The highest BCUT2D eigenvalue weighted by molar-refractivity contribution is 9.10. The van der Waals surface area contributed by atoms with Gasteiger partial charge in [-0.2, -0.15) is 0 Å². The number of hydrogen-bond acceptors (Lipinski definition) is 3. The molecule has 1 heterocycles. The van der Waals surface area contributed by atoms with E-state index in [1.165, 1.54) is 5.56 Å². The normalized spacial score (nSPS) is 10.6. The maximum Gasteiger partial charge on any atom is 0.146 e. The molecule has 0 saturated carbocycles. The summed E-state index contributed by atoms with van der Waals surface area (Å²) in [6.07, 6.45) is 1.75. The third kappa shape index (κ3) is 3.37. The second-order valence-corrected chi connectivity index (χ2v) is 5.03. The van der Waals surface area contributed by atoms with Gasteiger partial charge >= 0.3 is 0 Å². The van der Waals surface area contributed by atoms with Crippen molar-refractivity contribution in [3.05, 3.63) is 51.9 Å². The van der Waals surface area contributed by atoms with E-state index in [1.807, 2.05) is 38.2 Å². The molecular weight excluding hydrogens is 294 g/mol. The van der Waals surface area contributed by atoms with Crippen LogP contribution in [0.1, 0.15) is 16.9 Å². The molecule has 2 aromatic rings. The van der Waals surface area contributed by atoms with Gasteiger partial charge in [0, 0.05) is 12.1 Å². The molecule has 4 heteroatoms. The summed E-state index contributed by atoms with van der Waals surface area (Å²) in [5.41, 5.74) is 2.32. The lowest BCUT2D eigenvalue weighted by atomic mass is 10.2. The van der Waals surface area contributed by atoms with Crippen LogP contribution in [0.3, 0.4) is 0 Å². The van der Waals surface area contributed by atoms with Crippen LogP contribution < -0.4 is 10.1 Å². The molecular formula is C14H16BrNO2. The van der Waals surface area contributed by atoms with Crippen LogP contribution in [0.4, 0.5) is 0 Å². The number of benzene rings is 1. The van der Waals surface area contributed by atoms with Crippen LogP contribution in [-0.4, -0.2) is 7.05 Å². The second kappa shape index (κ2) is 6.07. The predicted octanol–water partition coefficient (Wildman–Crippen LogP) is 3.65. The first kappa shape index (κ1) is 13.2. The van der Waals surface area contributed by atoms with Gasteiger partial charge in [-0.3, -0.25) is 0 Å². The molecule has 0 aliphatic carbocycles. The summed E-state index contributed by atoms with van der Waals surface area (Å²) in [4.78, 5) is 0. The van der Waals surface area contributed by atoms with Gasteiger partial charge in [-0.25, -0.2) is 0 Å². The summed E-state index contributed by atoms with van der Waals surface area (Å²) in [6.45, 7) is 3.29. The van der Waals surface area contributed by atoms with Crippen molar-refractivity contribution >= 4 is 15.9 Å². The minimum Gasteiger partial charge on any atom is -0.484 e. The zero-order valence-corrected chi connectivity index (χ0v) is 12.1. The number of nitrogens with one attached hydrogen (secondary N) is 1. The number of hydrogen-bond donors (Lipinski definition) is 1. The third-order valence-corrected chi connectivity index (χ3v) is 3.17. The molecule has 0 fully saturated rings. The van der Waals surface area contributed by atoms with Gasteiger partial charge in [0.2, 0.25) is 0 Å². The van der Waals surface area contributed by atoms with E-state index >= 15 is 0 Å². The minimum atomic E-state index is 0.436. The van der Waals surface area contributed by atoms with Gasteiger partial charge in [0.1, 0.15) is 18.1 Å². The molecule has 1 N–H and O–H groups in total. The van der Waals surface area contributed by atoms with E-state index in [-0.39, 0.29) is 0 Å². The Hall–Kier alpha value is -1.26. The highest BCUT2D eigenvalue weighted by Gasteiger charge is 2.05. The van der Waals surface area contributed by atoms with Crippen molar-refractivity contribution in [1.82, 2.24) is 5.32 Å². The van der Waals surface area contributed by atoms with E-state index < -0.39 is 0 Å². The monoisotopic (exact) mass is 309 g/mol. The van der Waals surface area contributed by atoms with Gasteiger partial charge in [-0.1, -0.05) is 6.07 Å². The fraction of sp³-hybridized carbons (Fsp3) is 0.286. The summed E-state index contributed by atoms with van der Waals surface area (Å²) >= 11 is 3.49. The van der Waals surface area contributed by atoms with Crippen molar-refractivity contribution in [3.8, 4) is 5.75 Å². The Balaban J connectivity index is 1.97. The summed E-state index contributed by atoms with van der Waals surface area (Å²) in [5.74, 6) is 1.65. The van der Waals surface area contributed by atoms with Crippen LogP contribution in [0.2, 0.25) is 0 Å². The highest BCUT2D eigenvalue weighted by atomic mass is 79.9. The molecule has 18 heavy (non-hydrogen) atoms. The van der Waals surface area contributed by atoms with E-state index in [4.69, 9.17) is 9.15 Å². The lowest BCUT2D eigenvalue weighted by Gasteiger charge is -2.06. The second-order valence-electron chi connectivity index (χ2n) is 4.17. The predicted molar refractivity (Wildman–Crippen MR) is 74.7 cm³/mol. The average Bonchev–Trinajstić information content (AvgIpc) is 2.76. The summed E-state index contributed by atoms with van der Waals surface area (Å²) < 4.78 is 12.1. The minimum absolute atomic E-state index is 0.436. The number of aryl methyl sites for hydroxylation is 1. The first-order chi connectivity index (χ1) is 8.69. The van der Waals surface area contributed by atoms with E-state index in [0.717, 1.165) is 28.1 Å². The van der Waals surface area contributed by atoms with Crippen LogP contribution >= 0.6 is 15.9 Å². The van der Waals surface area contributed by atoms with E-state index in [9.17, 15) is 0 Å². The Morgan fingerprint density at radius 1 is 1.33 bits per heavy atom. The lowest BCUT2D eigenvalue weighted by Crippen LogP contribution is -2.03. The summed E-state index contributed by atoms with van der Waals surface area (Å²) in [6, 6.07) is 8.01. The van der Waals surface area contributed by atoms with E-state index in [0.29, 0.717) is 6.61 Å². The Kier molecular flexibility index (Phi) is 4.44. The number of halogens is 1. The number of ether oxygens (including phenoxy) is 1. The van der Waals surface area contributed by atoms with Crippen molar-refractivity contribution in [3.63, 3.8) is 0 Å². The van der Waals surface area contributed by atoms with Crippen molar-refractivity contribution in [2.75, 3.05) is 7.05 Å². The largest absolute Gasteiger partial charge is 0.484 e. The molecule has 0 aliphatic heterocycles. The molecule has 0 amide bonds. The SMILES string of the molecule is CNCc1coc(COc2ccc(C)cc2Br)c1. The molecule has 0 atom stereocenters. The van der Waals surface area contributed by atoms with Gasteiger partial charge in [-0.15, -0.1) is 0 Å². The summed E-state index contributed by atoms with van der Waals surface area (Å²) in [5, 5.41) is 3.08. The molecule has 3 nitrogen and oxygen atoms in total. The zero-order chi connectivity index (χ0) is 13.0. The first-order valence-corrected chi connectivity index (χ1v) is 6.58. The quantitative estimate of drug-likeness (QED) is 0.915. The third-order valence-electron chi connectivity index (χ3n) is 2.55. The molecule has 0 aliphatic rings. The van der Waals surface area contributed by atoms with Crippen molar-refractivity contribution in [2.45, 2.75) is 20.1 Å². The van der Waals surface area contributed by atoms with Gasteiger partial charge < -0.3 is 14.5 Å². The molecule has 0 unspecified atom stereocenters. The average molecular weight is 310 g/mol. The highest BCUT2D eigenvalue weighted by Crippen LogP contribution is 2.26. The smallest absolute Gasteiger partial charge is 0.146 e. The fourth-order valence-electron chi connectivity index (χ4n) is 1.67. The summed E-state index contributed by atoms with van der Waals surface area (Å²) in [7, 11) is 1.91. The maximum atomic E-state index is 5.71. The molecule has 1 aromatic carbocycles. The Morgan fingerprint density at radius 3 is 2.89 bits per heavy atom. The van der Waals surface area contributed by atoms with Crippen molar-refractivity contribution in [1.29, 1.82) is 0 Å². The van der Waals surface area contributed by atoms with Crippen LogP contribution in [0.25, 0.3) is 0 Å². The van der Waals surface area contributed by atoms with Gasteiger partial charge in [0.05, 0.1) is 10.7 Å². The number of furan rings is 1. The molecule has 0 radical (unpaired) electrons. The van der Waals surface area contributed by atoms with Crippen LogP contribution in [0.15, 0.2) is 39.4 Å². The maximum absolute atomic E-state index is 5.71. The topological polar surface area (TPSA) is 34.4 Å². The Bertz CT molecular complexity index is 522. The van der Waals surface area contributed by atoms with Crippen LogP contribution in [0.5, 0.6) is 5.75 Å². The van der Waals surface area contributed by atoms with Crippen molar-refractivity contribution < 1.29 is 9.15 Å². The van der Waals surface area contributed by atoms with Gasteiger partial charge in [0.15, 0.2) is 0 Å². The number of rotatable bonds is 5. The standard InChI is InChI=1S/C14H16BrNO2/c1-10-3-4-14(13(15)5-10)18-9-12-6-11(7-16-2)8-17-12/h3-6,8,16H,7,9H2,1-2H3. The Morgan fingerprint density at radius 2 is 2.17 bits per heavy atom. The molecule has 0 bridgehead atoms. The molecule has 0 spiro atoms. The van der Waals surface area contributed by atoms with Crippen molar-refractivity contribution in [2.24, 2.45) is 0 Å². The van der Waals surface area contributed by atoms with Crippen LogP contribution in [-0.2, 0) is 13.2 Å². The zero-order valence-electron chi connectivity index (χ0n) is 10.5. The van der Waals surface area contributed by atoms with Crippen LogP contribution in [0, 0.1) is 6.92 Å². The van der Waals surface area contributed by atoms with Gasteiger partial charge in [-0.05, 0) is 53.7 Å². The molecule has 96 valence electrons. The lowest BCUT2D eigenvalue weighted by molar-refractivity contribution is 0.268. The first-order valence-electron chi connectivity index (χ1n) is 5.79.